The average molecular weight is 256 g/mol. The molecule has 2 amide bonds. The van der Waals surface area contributed by atoms with Crippen molar-refractivity contribution in [2.45, 2.75) is 52.0 Å². The normalized spacial score (nSPS) is 19.2. The average Bonchev–Trinajstić information content (AvgIpc) is 2.82. The van der Waals surface area contributed by atoms with Gasteiger partial charge in [0.05, 0.1) is 5.92 Å². The van der Waals surface area contributed by atoms with E-state index >= 15 is 0 Å². The van der Waals surface area contributed by atoms with Gasteiger partial charge < -0.3 is 15.7 Å². The van der Waals surface area contributed by atoms with E-state index in [2.05, 4.69) is 10.6 Å². The van der Waals surface area contributed by atoms with Gasteiger partial charge in [0.2, 0.25) is 0 Å². The number of carbonyl (C=O) groups excluding carboxylic acids is 1. The van der Waals surface area contributed by atoms with Gasteiger partial charge in [-0.15, -0.1) is 0 Å². The van der Waals surface area contributed by atoms with Gasteiger partial charge >= 0.3 is 12.0 Å². The molecule has 0 radical (unpaired) electrons. The number of carboxylic acids is 1. The van der Waals surface area contributed by atoms with E-state index in [4.69, 9.17) is 5.11 Å². The lowest BCUT2D eigenvalue weighted by Crippen LogP contribution is -2.45. The molecule has 2 atom stereocenters. The Labute approximate surface area is 108 Å². The third-order valence-electron chi connectivity index (χ3n) is 3.82. The van der Waals surface area contributed by atoms with Crippen molar-refractivity contribution in [3.63, 3.8) is 0 Å². The van der Waals surface area contributed by atoms with Crippen LogP contribution in [-0.2, 0) is 4.79 Å². The molecule has 0 heterocycles. The second-order valence-corrected chi connectivity index (χ2v) is 5.13. The number of carbonyl (C=O) groups is 2. The molecule has 0 saturated heterocycles. The molecule has 2 unspecified atom stereocenters. The summed E-state index contributed by atoms with van der Waals surface area (Å²) in [6.07, 6.45) is 5.36. The van der Waals surface area contributed by atoms with Crippen LogP contribution in [-0.4, -0.2) is 29.7 Å². The summed E-state index contributed by atoms with van der Waals surface area (Å²) in [6.45, 7) is 4.01. The Bertz CT molecular complexity index is 288. The molecule has 0 bridgehead atoms. The van der Waals surface area contributed by atoms with E-state index in [9.17, 15) is 9.59 Å². The first-order chi connectivity index (χ1) is 8.54. The first-order valence-corrected chi connectivity index (χ1v) is 6.81. The number of amides is 2. The van der Waals surface area contributed by atoms with E-state index in [0.717, 1.165) is 0 Å². The number of carboxylic acid groups (broad SMARTS) is 1. The molecule has 1 fully saturated rings. The molecule has 18 heavy (non-hydrogen) atoms. The molecule has 1 aliphatic rings. The van der Waals surface area contributed by atoms with Gasteiger partial charge in [-0.1, -0.05) is 19.8 Å². The maximum absolute atomic E-state index is 11.6. The molecule has 0 aliphatic heterocycles. The molecule has 0 aromatic heterocycles. The van der Waals surface area contributed by atoms with Gasteiger partial charge in [0, 0.05) is 12.6 Å². The minimum atomic E-state index is -0.860. The van der Waals surface area contributed by atoms with Crippen molar-refractivity contribution in [1.29, 1.82) is 0 Å². The van der Waals surface area contributed by atoms with Crippen LogP contribution in [0.1, 0.15) is 46.0 Å². The van der Waals surface area contributed by atoms with E-state index in [1.807, 2.05) is 6.92 Å². The smallest absolute Gasteiger partial charge is 0.315 e. The fourth-order valence-corrected chi connectivity index (χ4v) is 2.46. The zero-order valence-corrected chi connectivity index (χ0v) is 11.2. The molecular formula is C13H24N2O3. The Morgan fingerprint density at radius 1 is 1.33 bits per heavy atom. The molecule has 104 valence electrons. The molecule has 3 N–H and O–H groups in total. The number of hydrogen-bond donors (Lipinski definition) is 3. The predicted octanol–water partition coefficient (Wildman–Crippen LogP) is 1.98. The molecule has 0 spiro atoms. The summed E-state index contributed by atoms with van der Waals surface area (Å²) in [5, 5.41) is 14.4. The highest BCUT2D eigenvalue weighted by Gasteiger charge is 2.23. The maximum atomic E-state index is 11.6. The minimum Gasteiger partial charge on any atom is -0.481 e. The predicted molar refractivity (Wildman–Crippen MR) is 69.4 cm³/mol. The fraction of sp³-hybridized carbons (Fsp3) is 0.846. The van der Waals surface area contributed by atoms with Crippen LogP contribution in [0.5, 0.6) is 0 Å². The van der Waals surface area contributed by atoms with Crippen LogP contribution < -0.4 is 10.6 Å². The quantitative estimate of drug-likeness (QED) is 0.680. The highest BCUT2D eigenvalue weighted by Crippen LogP contribution is 2.27. The van der Waals surface area contributed by atoms with E-state index in [1.165, 1.54) is 25.7 Å². The third-order valence-corrected chi connectivity index (χ3v) is 3.82. The summed E-state index contributed by atoms with van der Waals surface area (Å²) in [5.74, 6) is -0.795. The number of nitrogens with one attached hydrogen (secondary N) is 2. The van der Waals surface area contributed by atoms with E-state index < -0.39 is 11.9 Å². The number of hydrogen-bond acceptors (Lipinski definition) is 2. The van der Waals surface area contributed by atoms with Crippen LogP contribution in [0.3, 0.4) is 0 Å². The SMILES string of the molecule is CCC(CNC(=O)NC(C)C1CCCC1)C(=O)O. The summed E-state index contributed by atoms with van der Waals surface area (Å²) in [5.41, 5.74) is 0. The van der Waals surface area contributed by atoms with E-state index in [1.54, 1.807) is 6.92 Å². The standard InChI is InChI=1S/C13H24N2O3/c1-3-10(12(16)17)8-14-13(18)15-9(2)11-6-4-5-7-11/h9-11H,3-8H2,1-2H3,(H,16,17)(H2,14,15,18). The van der Waals surface area contributed by atoms with Crippen molar-refractivity contribution in [2.24, 2.45) is 11.8 Å². The van der Waals surface area contributed by atoms with Crippen LogP contribution in [0.4, 0.5) is 4.79 Å². The largest absolute Gasteiger partial charge is 0.481 e. The number of rotatable bonds is 6. The Kier molecular flexibility index (Phi) is 5.95. The van der Waals surface area contributed by atoms with Crippen molar-refractivity contribution in [2.75, 3.05) is 6.54 Å². The summed E-state index contributed by atoms with van der Waals surface area (Å²) in [4.78, 5) is 22.4. The number of aliphatic carboxylic acids is 1. The summed E-state index contributed by atoms with van der Waals surface area (Å²) in [6, 6.07) is -0.0912. The van der Waals surface area contributed by atoms with Gasteiger partial charge in [0.25, 0.3) is 0 Å². The van der Waals surface area contributed by atoms with E-state index in [-0.39, 0.29) is 18.6 Å². The molecular weight excluding hydrogens is 232 g/mol. The highest BCUT2D eigenvalue weighted by atomic mass is 16.4. The van der Waals surface area contributed by atoms with Gasteiger partial charge in [-0.3, -0.25) is 4.79 Å². The molecule has 5 heteroatoms. The fourth-order valence-electron chi connectivity index (χ4n) is 2.46. The van der Waals surface area contributed by atoms with Crippen LogP contribution in [0.15, 0.2) is 0 Å². The lowest BCUT2D eigenvalue weighted by atomic mass is 10.0. The Balaban J connectivity index is 2.26. The van der Waals surface area contributed by atoms with E-state index in [0.29, 0.717) is 12.3 Å². The molecule has 1 aliphatic carbocycles. The first kappa shape index (κ1) is 14.8. The zero-order chi connectivity index (χ0) is 13.5. The molecule has 1 rings (SSSR count). The van der Waals surface area contributed by atoms with Gasteiger partial charge in [-0.05, 0) is 32.1 Å². The lowest BCUT2D eigenvalue weighted by Gasteiger charge is -2.21. The third kappa shape index (κ3) is 4.55. The van der Waals surface area contributed by atoms with Crippen LogP contribution in [0, 0.1) is 11.8 Å². The molecule has 0 aromatic carbocycles. The van der Waals surface area contributed by atoms with Gasteiger partial charge in [0.15, 0.2) is 0 Å². The second kappa shape index (κ2) is 7.24. The van der Waals surface area contributed by atoms with Crippen molar-refractivity contribution in [3.05, 3.63) is 0 Å². The second-order valence-electron chi connectivity index (χ2n) is 5.13. The first-order valence-electron chi connectivity index (χ1n) is 6.81. The molecule has 1 saturated carbocycles. The van der Waals surface area contributed by atoms with Crippen molar-refractivity contribution < 1.29 is 14.7 Å². The lowest BCUT2D eigenvalue weighted by molar-refractivity contribution is -0.141. The monoisotopic (exact) mass is 256 g/mol. The summed E-state index contributed by atoms with van der Waals surface area (Å²) < 4.78 is 0. The topological polar surface area (TPSA) is 78.4 Å². The minimum absolute atomic E-state index is 0.164. The summed E-state index contributed by atoms with van der Waals surface area (Å²) in [7, 11) is 0. The van der Waals surface area contributed by atoms with Gasteiger partial charge in [0.1, 0.15) is 0 Å². The number of urea groups is 1. The van der Waals surface area contributed by atoms with Crippen LogP contribution >= 0.6 is 0 Å². The Hall–Kier alpha value is -1.26. The Morgan fingerprint density at radius 3 is 2.44 bits per heavy atom. The van der Waals surface area contributed by atoms with Gasteiger partial charge in [-0.25, -0.2) is 4.79 Å². The molecule has 5 nitrogen and oxygen atoms in total. The van der Waals surface area contributed by atoms with Crippen LogP contribution in [0.25, 0.3) is 0 Å². The van der Waals surface area contributed by atoms with Crippen molar-refractivity contribution in [3.8, 4) is 0 Å². The van der Waals surface area contributed by atoms with Gasteiger partial charge in [-0.2, -0.15) is 0 Å². The molecule has 0 aromatic rings. The summed E-state index contributed by atoms with van der Waals surface area (Å²) >= 11 is 0. The highest BCUT2D eigenvalue weighted by molar-refractivity contribution is 5.76. The van der Waals surface area contributed by atoms with Crippen LogP contribution in [0.2, 0.25) is 0 Å². The van der Waals surface area contributed by atoms with Crippen molar-refractivity contribution >= 4 is 12.0 Å². The zero-order valence-electron chi connectivity index (χ0n) is 11.2. The van der Waals surface area contributed by atoms with Crippen molar-refractivity contribution in [1.82, 2.24) is 10.6 Å². The maximum Gasteiger partial charge on any atom is 0.315 e. The Morgan fingerprint density at radius 2 is 1.94 bits per heavy atom.